The Morgan fingerprint density at radius 1 is 1.52 bits per heavy atom. The number of benzene rings is 1. The Bertz CT molecular complexity index is 516. The molecular weight excluding hydrogens is 264 g/mol. The Morgan fingerprint density at radius 2 is 2.29 bits per heavy atom. The van der Waals surface area contributed by atoms with E-state index in [1.807, 2.05) is 25.1 Å². The first-order valence-electron chi connectivity index (χ1n) is 7.67. The van der Waals surface area contributed by atoms with Gasteiger partial charge in [0, 0.05) is 6.54 Å². The number of hydrogen-bond donors (Lipinski definition) is 2. The molecule has 1 amide bonds. The van der Waals surface area contributed by atoms with Crippen LogP contribution in [0.15, 0.2) is 18.2 Å². The highest BCUT2D eigenvalue weighted by molar-refractivity contribution is 5.97. The van der Waals surface area contributed by atoms with Crippen LogP contribution in [0.5, 0.6) is 5.75 Å². The van der Waals surface area contributed by atoms with Crippen LogP contribution in [0.3, 0.4) is 0 Å². The summed E-state index contributed by atoms with van der Waals surface area (Å²) in [7, 11) is 1.59. The summed E-state index contributed by atoms with van der Waals surface area (Å²) >= 11 is 0. The largest absolute Gasteiger partial charge is 0.496 e. The zero-order valence-corrected chi connectivity index (χ0v) is 13.2. The molecule has 4 nitrogen and oxygen atoms in total. The molecule has 0 heterocycles. The molecule has 0 radical (unpaired) electrons. The zero-order valence-electron chi connectivity index (χ0n) is 13.2. The Labute approximate surface area is 127 Å². The second-order valence-corrected chi connectivity index (χ2v) is 6.34. The SMILES string of the molecule is COc1ccc(C)cc1C(=O)NC1(CN)CCCC(C)C1. The van der Waals surface area contributed by atoms with Crippen LogP contribution in [-0.4, -0.2) is 25.1 Å². The fourth-order valence-corrected chi connectivity index (χ4v) is 3.32. The maximum atomic E-state index is 12.7. The van der Waals surface area contributed by atoms with Crippen LogP contribution in [0.2, 0.25) is 0 Å². The van der Waals surface area contributed by atoms with Gasteiger partial charge in [0.2, 0.25) is 0 Å². The Hall–Kier alpha value is -1.55. The van der Waals surface area contributed by atoms with Crippen LogP contribution >= 0.6 is 0 Å². The number of hydrogen-bond acceptors (Lipinski definition) is 3. The number of aryl methyl sites for hydroxylation is 1. The van der Waals surface area contributed by atoms with Crippen molar-refractivity contribution in [3.8, 4) is 5.75 Å². The molecule has 21 heavy (non-hydrogen) atoms. The van der Waals surface area contributed by atoms with Crippen LogP contribution in [0.25, 0.3) is 0 Å². The highest BCUT2D eigenvalue weighted by Crippen LogP contribution is 2.32. The summed E-state index contributed by atoms with van der Waals surface area (Å²) in [5.74, 6) is 1.12. The first-order chi connectivity index (χ1) is 9.99. The molecule has 0 bridgehead atoms. The molecule has 2 rings (SSSR count). The second-order valence-electron chi connectivity index (χ2n) is 6.34. The van der Waals surface area contributed by atoms with Gasteiger partial charge in [-0.05, 0) is 37.8 Å². The topological polar surface area (TPSA) is 64.3 Å². The average molecular weight is 290 g/mol. The number of nitrogens with two attached hydrogens (primary N) is 1. The van der Waals surface area contributed by atoms with Gasteiger partial charge < -0.3 is 15.8 Å². The minimum Gasteiger partial charge on any atom is -0.496 e. The molecule has 1 aromatic carbocycles. The van der Waals surface area contributed by atoms with Gasteiger partial charge in [0.1, 0.15) is 5.75 Å². The van der Waals surface area contributed by atoms with Gasteiger partial charge in [-0.25, -0.2) is 0 Å². The monoisotopic (exact) mass is 290 g/mol. The number of carbonyl (C=O) groups is 1. The van der Waals surface area contributed by atoms with E-state index in [9.17, 15) is 4.79 Å². The van der Waals surface area contributed by atoms with Crippen molar-refractivity contribution in [1.82, 2.24) is 5.32 Å². The van der Waals surface area contributed by atoms with Crippen molar-refractivity contribution in [2.75, 3.05) is 13.7 Å². The summed E-state index contributed by atoms with van der Waals surface area (Å²) < 4.78 is 5.31. The van der Waals surface area contributed by atoms with Gasteiger partial charge in [-0.1, -0.05) is 31.4 Å². The molecule has 0 aliphatic heterocycles. The van der Waals surface area contributed by atoms with Crippen LogP contribution in [0, 0.1) is 12.8 Å². The van der Waals surface area contributed by atoms with Crippen molar-refractivity contribution in [2.24, 2.45) is 11.7 Å². The normalized spacial score (nSPS) is 25.4. The van der Waals surface area contributed by atoms with E-state index >= 15 is 0 Å². The van der Waals surface area contributed by atoms with Gasteiger partial charge in [0.15, 0.2) is 0 Å². The maximum Gasteiger partial charge on any atom is 0.255 e. The van der Waals surface area contributed by atoms with Crippen LogP contribution in [-0.2, 0) is 0 Å². The molecule has 4 heteroatoms. The third kappa shape index (κ3) is 3.56. The lowest BCUT2D eigenvalue weighted by Gasteiger charge is -2.40. The quantitative estimate of drug-likeness (QED) is 0.896. The van der Waals surface area contributed by atoms with E-state index < -0.39 is 0 Å². The van der Waals surface area contributed by atoms with Crippen LogP contribution in [0.4, 0.5) is 0 Å². The molecule has 116 valence electrons. The highest BCUT2D eigenvalue weighted by atomic mass is 16.5. The molecule has 1 aliphatic carbocycles. The molecule has 0 spiro atoms. The molecule has 2 atom stereocenters. The standard InChI is InChI=1S/C17H26N2O2/c1-12-6-7-15(21-3)14(9-12)16(20)19-17(11-18)8-4-5-13(2)10-17/h6-7,9,13H,4-5,8,10-11,18H2,1-3H3,(H,19,20). The van der Waals surface area contributed by atoms with Crippen molar-refractivity contribution in [1.29, 1.82) is 0 Å². The fraction of sp³-hybridized carbons (Fsp3) is 0.588. The van der Waals surface area contributed by atoms with Gasteiger partial charge >= 0.3 is 0 Å². The Balaban J connectivity index is 2.22. The smallest absolute Gasteiger partial charge is 0.255 e. The third-order valence-corrected chi connectivity index (χ3v) is 4.46. The van der Waals surface area contributed by atoms with Crippen LogP contribution < -0.4 is 15.8 Å². The number of methoxy groups -OCH3 is 1. The summed E-state index contributed by atoms with van der Waals surface area (Å²) in [6.45, 7) is 4.68. The summed E-state index contributed by atoms with van der Waals surface area (Å²) in [5.41, 5.74) is 7.34. The predicted octanol–water partition coefficient (Wildman–Crippen LogP) is 2.64. The van der Waals surface area contributed by atoms with E-state index in [0.717, 1.165) is 24.8 Å². The molecule has 1 aromatic rings. The van der Waals surface area contributed by atoms with Crippen molar-refractivity contribution < 1.29 is 9.53 Å². The second kappa shape index (κ2) is 6.48. The van der Waals surface area contributed by atoms with E-state index in [-0.39, 0.29) is 11.4 Å². The molecule has 2 unspecified atom stereocenters. The van der Waals surface area contributed by atoms with Gasteiger partial charge in [-0.2, -0.15) is 0 Å². The fourth-order valence-electron chi connectivity index (χ4n) is 3.32. The van der Waals surface area contributed by atoms with Crippen LogP contribution in [0.1, 0.15) is 48.5 Å². The predicted molar refractivity (Wildman–Crippen MR) is 84.6 cm³/mol. The van der Waals surface area contributed by atoms with Gasteiger partial charge in [0.25, 0.3) is 5.91 Å². The van der Waals surface area contributed by atoms with E-state index in [4.69, 9.17) is 10.5 Å². The molecule has 0 saturated heterocycles. The third-order valence-electron chi connectivity index (χ3n) is 4.46. The van der Waals surface area contributed by atoms with Crippen molar-refractivity contribution in [3.05, 3.63) is 29.3 Å². The molecular formula is C17H26N2O2. The van der Waals surface area contributed by atoms with E-state index in [1.165, 1.54) is 6.42 Å². The van der Waals surface area contributed by atoms with Gasteiger partial charge in [-0.3, -0.25) is 4.79 Å². The number of nitrogens with one attached hydrogen (secondary N) is 1. The Morgan fingerprint density at radius 3 is 2.90 bits per heavy atom. The summed E-state index contributed by atoms with van der Waals surface area (Å²) in [5, 5.41) is 3.19. The first kappa shape index (κ1) is 15.8. The number of carbonyl (C=O) groups excluding carboxylic acids is 1. The van der Waals surface area contributed by atoms with Crippen molar-refractivity contribution in [2.45, 2.75) is 45.1 Å². The summed E-state index contributed by atoms with van der Waals surface area (Å²) in [6, 6.07) is 5.64. The molecule has 0 aromatic heterocycles. The van der Waals surface area contributed by atoms with Crippen molar-refractivity contribution in [3.63, 3.8) is 0 Å². The van der Waals surface area contributed by atoms with Gasteiger partial charge in [-0.15, -0.1) is 0 Å². The number of ether oxygens (including phenoxy) is 1. The molecule has 1 saturated carbocycles. The molecule has 3 N–H and O–H groups in total. The molecule has 1 aliphatic rings. The summed E-state index contributed by atoms with van der Waals surface area (Å²) in [4.78, 5) is 12.7. The van der Waals surface area contributed by atoms with Gasteiger partial charge in [0.05, 0.1) is 18.2 Å². The van der Waals surface area contributed by atoms with E-state index in [2.05, 4.69) is 12.2 Å². The first-order valence-corrected chi connectivity index (χ1v) is 7.67. The Kier molecular flexibility index (Phi) is 4.88. The maximum absolute atomic E-state index is 12.7. The highest BCUT2D eigenvalue weighted by Gasteiger charge is 2.35. The lowest BCUT2D eigenvalue weighted by Crippen LogP contribution is -2.56. The van der Waals surface area contributed by atoms with E-state index in [1.54, 1.807) is 7.11 Å². The number of rotatable bonds is 4. The zero-order chi connectivity index (χ0) is 15.5. The minimum absolute atomic E-state index is 0.0879. The van der Waals surface area contributed by atoms with Crippen molar-refractivity contribution >= 4 is 5.91 Å². The lowest BCUT2D eigenvalue weighted by atomic mass is 9.76. The molecule has 1 fully saturated rings. The number of amides is 1. The summed E-state index contributed by atoms with van der Waals surface area (Å²) in [6.07, 6.45) is 4.23. The average Bonchev–Trinajstić information content (AvgIpc) is 2.47. The van der Waals surface area contributed by atoms with E-state index in [0.29, 0.717) is 23.8 Å². The minimum atomic E-state index is -0.274. The lowest BCUT2D eigenvalue weighted by molar-refractivity contribution is 0.0850.